The first-order valence-electron chi connectivity index (χ1n) is 12.5. The second-order valence-corrected chi connectivity index (χ2v) is 9.94. The summed E-state index contributed by atoms with van der Waals surface area (Å²) in [5.74, 6) is -0.697. The number of alkyl carbamates (subject to hydrolysis) is 1. The van der Waals surface area contributed by atoms with Crippen LogP contribution in [0.1, 0.15) is 68.9 Å². The van der Waals surface area contributed by atoms with Crippen LogP contribution in [-0.2, 0) is 14.3 Å². The third kappa shape index (κ3) is 6.02. The van der Waals surface area contributed by atoms with Crippen molar-refractivity contribution in [2.75, 3.05) is 13.2 Å². The van der Waals surface area contributed by atoms with Gasteiger partial charge in [0, 0.05) is 18.9 Å². The van der Waals surface area contributed by atoms with E-state index in [1.165, 1.54) is 22.3 Å². The minimum atomic E-state index is -0.877. The van der Waals surface area contributed by atoms with E-state index in [2.05, 4.69) is 34.9 Å². The zero-order valence-electron chi connectivity index (χ0n) is 20.2. The Kier molecular flexibility index (Phi) is 7.73. The summed E-state index contributed by atoms with van der Waals surface area (Å²) in [5.41, 5.74) is 4.20. The van der Waals surface area contributed by atoms with Crippen molar-refractivity contribution in [1.82, 2.24) is 10.6 Å². The molecule has 0 aliphatic heterocycles. The van der Waals surface area contributed by atoms with Gasteiger partial charge < -0.3 is 20.5 Å². The van der Waals surface area contributed by atoms with Gasteiger partial charge in [-0.2, -0.15) is 0 Å². The largest absolute Gasteiger partial charge is 0.481 e. The summed E-state index contributed by atoms with van der Waals surface area (Å²) in [6, 6.07) is 16.5. The summed E-state index contributed by atoms with van der Waals surface area (Å²) in [4.78, 5) is 35.7. The predicted molar refractivity (Wildman–Crippen MR) is 133 cm³/mol. The first-order chi connectivity index (χ1) is 16.9. The lowest BCUT2D eigenvalue weighted by Crippen LogP contribution is -2.54. The Hall–Kier alpha value is -3.35. The summed E-state index contributed by atoms with van der Waals surface area (Å²) in [5, 5.41) is 14.8. The molecule has 35 heavy (non-hydrogen) atoms. The molecule has 0 spiro atoms. The lowest BCUT2D eigenvalue weighted by molar-refractivity contribution is -0.140. The highest BCUT2D eigenvalue weighted by atomic mass is 16.5. The predicted octanol–water partition coefficient (Wildman–Crippen LogP) is 4.85. The van der Waals surface area contributed by atoms with Crippen LogP contribution in [0.25, 0.3) is 11.1 Å². The summed E-state index contributed by atoms with van der Waals surface area (Å²) in [7, 11) is 0. The van der Waals surface area contributed by atoms with Crippen molar-refractivity contribution in [3.63, 3.8) is 0 Å². The van der Waals surface area contributed by atoms with Gasteiger partial charge in [-0.1, -0.05) is 55.5 Å². The van der Waals surface area contributed by atoms with Crippen LogP contribution >= 0.6 is 0 Å². The third-order valence-electron chi connectivity index (χ3n) is 7.32. The van der Waals surface area contributed by atoms with E-state index < -0.39 is 17.6 Å². The number of carbonyl (C=O) groups is 3. The maximum Gasteiger partial charge on any atom is 0.407 e. The van der Waals surface area contributed by atoms with Gasteiger partial charge in [0.05, 0.1) is 12.0 Å². The molecule has 0 saturated heterocycles. The summed E-state index contributed by atoms with van der Waals surface area (Å²) in [6.07, 6.45) is 3.73. The van der Waals surface area contributed by atoms with Crippen LogP contribution in [0.5, 0.6) is 0 Å². The molecule has 2 aromatic carbocycles. The van der Waals surface area contributed by atoms with Gasteiger partial charge in [0.15, 0.2) is 0 Å². The second-order valence-electron chi connectivity index (χ2n) is 9.94. The molecule has 1 saturated carbocycles. The normalized spacial score (nSPS) is 16.4. The lowest BCUT2D eigenvalue weighted by Gasteiger charge is -2.41. The number of amides is 2. The fourth-order valence-corrected chi connectivity index (χ4v) is 5.19. The van der Waals surface area contributed by atoms with Gasteiger partial charge in [-0.3, -0.25) is 9.59 Å². The van der Waals surface area contributed by atoms with E-state index in [0.29, 0.717) is 19.4 Å². The van der Waals surface area contributed by atoms with Crippen LogP contribution < -0.4 is 10.6 Å². The summed E-state index contributed by atoms with van der Waals surface area (Å²) < 4.78 is 5.56. The highest BCUT2D eigenvalue weighted by Crippen LogP contribution is 2.44. The fraction of sp³-hybridized carbons (Fsp3) is 0.464. The van der Waals surface area contributed by atoms with E-state index in [9.17, 15) is 14.4 Å². The van der Waals surface area contributed by atoms with E-state index >= 15 is 0 Å². The Morgan fingerprint density at radius 1 is 1.03 bits per heavy atom. The molecule has 3 N–H and O–H groups in total. The molecule has 1 fully saturated rings. The van der Waals surface area contributed by atoms with Gasteiger partial charge in [-0.15, -0.1) is 0 Å². The van der Waals surface area contributed by atoms with Crippen LogP contribution in [0.15, 0.2) is 48.5 Å². The van der Waals surface area contributed by atoms with E-state index in [0.717, 1.165) is 25.7 Å². The van der Waals surface area contributed by atoms with Gasteiger partial charge in [-0.25, -0.2) is 4.79 Å². The average Bonchev–Trinajstić information content (AvgIpc) is 3.13. The fourth-order valence-electron chi connectivity index (χ4n) is 5.19. The number of fused-ring (bicyclic) bond motifs is 3. The summed E-state index contributed by atoms with van der Waals surface area (Å²) in [6.45, 7) is 2.80. The molecule has 0 heterocycles. The number of carboxylic acids is 1. The van der Waals surface area contributed by atoms with Gasteiger partial charge >= 0.3 is 12.1 Å². The Labute approximate surface area is 206 Å². The third-order valence-corrected chi connectivity index (χ3v) is 7.32. The SMILES string of the molecule is CC(CCNC(=O)OCC1c2ccccc2-c2ccccc21)CCC(=O)NC1(CC(=O)O)CCC1. The number of hydrogen-bond acceptors (Lipinski definition) is 4. The Balaban J connectivity index is 1.16. The molecule has 1 unspecified atom stereocenters. The quantitative estimate of drug-likeness (QED) is 0.428. The zero-order valence-corrected chi connectivity index (χ0v) is 20.2. The topological polar surface area (TPSA) is 105 Å². The number of ether oxygens (including phenoxy) is 1. The van der Waals surface area contributed by atoms with Crippen molar-refractivity contribution in [2.45, 2.75) is 63.3 Å². The molecule has 2 aromatic rings. The zero-order chi connectivity index (χ0) is 24.8. The number of benzene rings is 2. The maximum atomic E-state index is 12.3. The molecule has 2 aliphatic rings. The first-order valence-corrected chi connectivity index (χ1v) is 12.5. The van der Waals surface area contributed by atoms with E-state index in [4.69, 9.17) is 9.84 Å². The van der Waals surface area contributed by atoms with Crippen molar-refractivity contribution >= 4 is 18.0 Å². The van der Waals surface area contributed by atoms with Crippen molar-refractivity contribution in [1.29, 1.82) is 0 Å². The Bertz CT molecular complexity index is 1030. The van der Waals surface area contributed by atoms with Gasteiger partial charge in [0.2, 0.25) is 5.91 Å². The minimum Gasteiger partial charge on any atom is -0.481 e. The molecule has 2 aliphatic carbocycles. The van der Waals surface area contributed by atoms with Crippen LogP contribution in [0.2, 0.25) is 0 Å². The molecule has 4 rings (SSSR count). The van der Waals surface area contributed by atoms with Crippen molar-refractivity contribution in [3.8, 4) is 11.1 Å². The number of nitrogens with one attached hydrogen (secondary N) is 2. The van der Waals surface area contributed by atoms with Crippen molar-refractivity contribution in [2.24, 2.45) is 5.92 Å². The monoisotopic (exact) mass is 478 g/mol. The smallest absolute Gasteiger partial charge is 0.407 e. The highest BCUT2D eigenvalue weighted by Gasteiger charge is 2.40. The highest BCUT2D eigenvalue weighted by molar-refractivity contribution is 5.79. The molecular weight excluding hydrogens is 444 g/mol. The molecule has 7 heteroatoms. The number of hydrogen-bond donors (Lipinski definition) is 3. The molecule has 1 atom stereocenters. The van der Waals surface area contributed by atoms with E-state index in [-0.39, 0.29) is 30.8 Å². The Morgan fingerprint density at radius 2 is 1.66 bits per heavy atom. The van der Waals surface area contributed by atoms with E-state index in [1.807, 2.05) is 31.2 Å². The number of rotatable bonds is 11. The van der Waals surface area contributed by atoms with Gasteiger partial charge in [-0.05, 0) is 60.3 Å². The molecule has 0 bridgehead atoms. The standard InChI is InChI=1S/C28H34N2O5/c1-19(11-12-25(31)30-28(14-6-15-28)17-26(32)33)13-16-29-27(34)35-18-24-22-9-4-2-7-20(22)21-8-3-5-10-23(21)24/h2-5,7-10,19,24H,6,11-18H2,1H3,(H,29,34)(H,30,31)(H,32,33). The second kappa shape index (κ2) is 10.9. The lowest BCUT2D eigenvalue weighted by atomic mass is 9.74. The van der Waals surface area contributed by atoms with Crippen molar-refractivity contribution in [3.05, 3.63) is 59.7 Å². The summed E-state index contributed by atoms with van der Waals surface area (Å²) >= 11 is 0. The number of carbonyl (C=O) groups excluding carboxylic acids is 2. The molecule has 7 nitrogen and oxygen atoms in total. The van der Waals surface area contributed by atoms with Gasteiger partial charge in [0.1, 0.15) is 6.61 Å². The Morgan fingerprint density at radius 3 is 2.23 bits per heavy atom. The molecule has 2 amide bonds. The minimum absolute atomic E-state index is 0.0155. The molecular formula is C28H34N2O5. The molecule has 0 aromatic heterocycles. The van der Waals surface area contributed by atoms with Crippen LogP contribution in [0.4, 0.5) is 4.79 Å². The number of carboxylic acid groups (broad SMARTS) is 1. The van der Waals surface area contributed by atoms with E-state index in [1.54, 1.807) is 0 Å². The van der Waals surface area contributed by atoms with Crippen LogP contribution in [0, 0.1) is 5.92 Å². The first kappa shape index (κ1) is 24.8. The van der Waals surface area contributed by atoms with Crippen LogP contribution in [0.3, 0.4) is 0 Å². The molecule has 186 valence electrons. The maximum absolute atomic E-state index is 12.3. The van der Waals surface area contributed by atoms with Gasteiger partial charge in [0.25, 0.3) is 0 Å². The van der Waals surface area contributed by atoms with Crippen LogP contribution in [-0.4, -0.2) is 41.8 Å². The van der Waals surface area contributed by atoms with Crippen molar-refractivity contribution < 1.29 is 24.2 Å². The molecule has 0 radical (unpaired) electrons. The average molecular weight is 479 g/mol. The number of aliphatic carboxylic acids is 1.